The lowest BCUT2D eigenvalue weighted by Gasteiger charge is -2.57. The predicted molar refractivity (Wildman–Crippen MR) is 126 cm³/mol. The van der Waals surface area contributed by atoms with Crippen molar-refractivity contribution < 1.29 is 29.0 Å². The van der Waals surface area contributed by atoms with Crippen LogP contribution in [0.3, 0.4) is 0 Å². The molecule has 0 spiro atoms. The van der Waals surface area contributed by atoms with Crippen molar-refractivity contribution in [2.45, 2.75) is 103 Å². The number of carbonyl (C=O) groups is 4. The Bertz CT molecular complexity index is 957. The number of esters is 1. The maximum atomic E-state index is 12.7. The molecule has 192 valence electrons. The van der Waals surface area contributed by atoms with Gasteiger partial charge in [0.05, 0.1) is 18.4 Å². The molecule has 4 fully saturated rings. The topological polar surface area (TPSA) is 104 Å². The van der Waals surface area contributed by atoms with Crippen molar-refractivity contribution in [1.82, 2.24) is 4.90 Å². The van der Waals surface area contributed by atoms with Crippen molar-refractivity contribution in [2.75, 3.05) is 6.54 Å². The first-order valence-electron chi connectivity index (χ1n) is 13.6. The number of rotatable bonds is 5. The fourth-order valence-electron chi connectivity index (χ4n) is 8.59. The van der Waals surface area contributed by atoms with Crippen LogP contribution in [0.4, 0.5) is 0 Å². The molecule has 7 atom stereocenters. The van der Waals surface area contributed by atoms with Gasteiger partial charge in [0.15, 0.2) is 5.78 Å². The van der Waals surface area contributed by atoms with Gasteiger partial charge >= 0.3 is 5.97 Å². The molecular formula is C28H38NO6-. The molecule has 7 heteroatoms. The second kappa shape index (κ2) is 9.04. The minimum Gasteiger partial charge on any atom is -0.548 e. The van der Waals surface area contributed by atoms with Crippen molar-refractivity contribution in [2.24, 2.45) is 28.6 Å². The van der Waals surface area contributed by atoms with Gasteiger partial charge in [-0.25, -0.2) is 0 Å². The van der Waals surface area contributed by atoms with Gasteiger partial charge < -0.3 is 19.5 Å². The fourth-order valence-corrected chi connectivity index (χ4v) is 8.59. The average molecular weight is 485 g/mol. The maximum Gasteiger partial charge on any atom is 0.306 e. The Balaban J connectivity index is 1.20. The normalized spacial score (nSPS) is 40.4. The summed E-state index contributed by atoms with van der Waals surface area (Å²) in [5, 5.41) is 11.3. The lowest BCUT2D eigenvalue weighted by Crippen LogP contribution is -2.51. The van der Waals surface area contributed by atoms with Gasteiger partial charge in [0.1, 0.15) is 6.10 Å². The number of nitrogens with zero attached hydrogens (tertiary/aromatic N) is 1. The van der Waals surface area contributed by atoms with E-state index in [4.69, 9.17) is 4.74 Å². The zero-order chi connectivity index (χ0) is 25.0. The Kier molecular flexibility index (Phi) is 6.33. The van der Waals surface area contributed by atoms with Crippen molar-refractivity contribution in [3.05, 3.63) is 11.6 Å². The quantitative estimate of drug-likeness (QED) is 0.556. The van der Waals surface area contributed by atoms with E-state index >= 15 is 0 Å². The molecule has 4 aliphatic carbocycles. The van der Waals surface area contributed by atoms with E-state index < -0.39 is 12.0 Å². The summed E-state index contributed by atoms with van der Waals surface area (Å²) in [6, 6.07) is -0.877. The van der Waals surface area contributed by atoms with Crippen LogP contribution in [0, 0.1) is 28.6 Å². The van der Waals surface area contributed by atoms with E-state index in [1.807, 2.05) is 6.08 Å². The Labute approximate surface area is 207 Å². The Morgan fingerprint density at radius 2 is 1.83 bits per heavy atom. The Morgan fingerprint density at radius 3 is 2.60 bits per heavy atom. The number of hydrogen-bond acceptors (Lipinski definition) is 6. The molecule has 0 aromatic heterocycles. The Morgan fingerprint density at radius 1 is 1.03 bits per heavy atom. The lowest BCUT2D eigenvalue weighted by molar-refractivity contribution is -0.310. The highest BCUT2D eigenvalue weighted by Crippen LogP contribution is 2.65. The van der Waals surface area contributed by atoms with Gasteiger partial charge in [-0.3, -0.25) is 14.4 Å². The van der Waals surface area contributed by atoms with E-state index in [0.717, 1.165) is 44.9 Å². The van der Waals surface area contributed by atoms with Crippen LogP contribution < -0.4 is 5.11 Å². The molecular weight excluding hydrogens is 446 g/mol. The molecule has 1 saturated heterocycles. The van der Waals surface area contributed by atoms with Gasteiger partial charge in [0.2, 0.25) is 5.91 Å². The maximum absolute atomic E-state index is 12.7. The van der Waals surface area contributed by atoms with Crippen LogP contribution in [0.25, 0.3) is 0 Å². The highest BCUT2D eigenvalue weighted by atomic mass is 16.5. The number of aliphatic carboxylic acids is 1. The average Bonchev–Trinajstić information content (AvgIpc) is 3.43. The van der Waals surface area contributed by atoms with E-state index in [9.17, 15) is 24.3 Å². The molecule has 5 rings (SSSR count). The van der Waals surface area contributed by atoms with Crippen LogP contribution in [0.5, 0.6) is 0 Å². The van der Waals surface area contributed by atoms with Crippen molar-refractivity contribution >= 4 is 23.6 Å². The first-order chi connectivity index (χ1) is 16.6. The van der Waals surface area contributed by atoms with Crippen molar-refractivity contribution in [3.8, 4) is 0 Å². The van der Waals surface area contributed by atoms with Gasteiger partial charge in [-0.1, -0.05) is 19.4 Å². The number of allylic oxidation sites excluding steroid dienone is 1. The molecule has 0 N–H and O–H groups in total. The summed E-state index contributed by atoms with van der Waals surface area (Å²) < 4.78 is 6.00. The third-order valence-corrected chi connectivity index (χ3v) is 10.5. The van der Waals surface area contributed by atoms with Crippen LogP contribution in [0.2, 0.25) is 0 Å². The van der Waals surface area contributed by atoms with Gasteiger partial charge in [-0.2, -0.15) is 0 Å². The molecule has 0 aromatic rings. The van der Waals surface area contributed by atoms with Crippen LogP contribution in [0.1, 0.15) is 90.9 Å². The summed E-state index contributed by atoms with van der Waals surface area (Å²) in [6.45, 7) is 5.07. The Hall–Kier alpha value is -2.18. The number of amides is 1. The smallest absolute Gasteiger partial charge is 0.306 e. The highest BCUT2D eigenvalue weighted by molar-refractivity contribution is 5.91. The molecule has 0 unspecified atom stereocenters. The molecule has 7 nitrogen and oxygen atoms in total. The SMILES string of the molecule is C[C@@]12CC[C@H]3[C@H](CCC4=CC(=O)CC[C@]43C)[C@@H]1CC[C@@H]2OC(=O)CCC(=O)N1CCC[C@@H]1C(=O)[O-]. The fraction of sp³-hybridized carbons (Fsp3) is 0.786. The minimum atomic E-state index is -1.22. The molecule has 3 saturated carbocycles. The third-order valence-electron chi connectivity index (χ3n) is 10.5. The van der Waals surface area contributed by atoms with Crippen LogP contribution in [0.15, 0.2) is 11.6 Å². The number of ether oxygens (including phenoxy) is 1. The van der Waals surface area contributed by atoms with Crippen molar-refractivity contribution in [1.29, 1.82) is 0 Å². The number of ketones is 1. The minimum absolute atomic E-state index is 0.0152. The number of fused-ring (bicyclic) bond motifs is 5. The molecule has 0 radical (unpaired) electrons. The summed E-state index contributed by atoms with van der Waals surface area (Å²) in [5.74, 6) is 0.105. The molecule has 0 aromatic carbocycles. The molecule has 0 bridgehead atoms. The number of carboxylic acid groups (broad SMARTS) is 1. The number of carbonyl (C=O) groups excluding carboxylic acids is 4. The molecule has 1 aliphatic heterocycles. The van der Waals surface area contributed by atoms with E-state index in [2.05, 4.69) is 13.8 Å². The zero-order valence-corrected chi connectivity index (χ0v) is 21.1. The number of carboxylic acids is 1. The van der Waals surface area contributed by atoms with Crippen LogP contribution >= 0.6 is 0 Å². The largest absolute Gasteiger partial charge is 0.548 e. The molecule has 5 aliphatic rings. The zero-order valence-electron chi connectivity index (χ0n) is 21.1. The van der Waals surface area contributed by atoms with E-state index in [-0.39, 0.29) is 47.4 Å². The van der Waals surface area contributed by atoms with Crippen molar-refractivity contribution in [3.63, 3.8) is 0 Å². The third kappa shape index (κ3) is 4.13. The monoisotopic (exact) mass is 484 g/mol. The van der Waals surface area contributed by atoms with Crippen LogP contribution in [-0.4, -0.2) is 47.2 Å². The number of hydrogen-bond donors (Lipinski definition) is 0. The van der Waals surface area contributed by atoms with E-state index in [1.165, 1.54) is 10.5 Å². The molecule has 1 heterocycles. The molecule has 35 heavy (non-hydrogen) atoms. The van der Waals surface area contributed by atoms with Gasteiger partial charge in [-0.05, 0) is 87.0 Å². The number of likely N-dealkylation sites (tertiary alicyclic amines) is 1. The second-order valence-electron chi connectivity index (χ2n) is 12.1. The lowest BCUT2D eigenvalue weighted by atomic mass is 9.47. The first-order valence-corrected chi connectivity index (χ1v) is 13.6. The predicted octanol–water partition coefficient (Wildman–Crippen LogP) is 2.95. The summed E-state index contributed by atoms with van der Waals surface area (Å²) in [5.41, 5.74) is 1.45. The highest BCUT2D eigenvalue weighted by Gasteiger charge is 2.60. The van der Waals surface area contributed by atoms with Gasteiger partial charge in [0.25, 0.3) is 0 Å². The van der Waals surface area contributed by atoms with Gasteiger partial charge in [-0.15, -0.1) is 0 Å². The van der Waals surface area contributed by atoms with Crippen LogP contribution in [-0.2, 0) is 23.9 Å². The van der Waals surface area contributed by atoms with E-state index in [1.54, 1.807) is 0 Å². The van der Waals surface area contributed by atoms with Gasteiger partial charge in [0, 0.05) is 24.8 Å². The summed E-state index contributed by atoms with van der Waals surface area (Å²) in [7, 11) is 0. The molecule has 1 amide bonds. The summed E-state index contributed by atoms with van der Waals surface area (Å²) in [6.07, 6.45) is 10.6. The first kappa shape index (κ1) is 24.5. The second-order valence-corrected chi connectivity index (χ2v) is 12.1. The summed E-state index contributed by atoms with van der Waals surface area (Å²) >= 11 is 0. The summed E-state index contributed by atoms with van der Waals surface area (Å²) in [4.78, 5) is 49.9. The standard InChI is InChI=1S/C28H39NO6/c1-27-13-11-18(30)16-17(27)5-6-19-20-7-8-23(28(20,2)14-12-21(19)27)35-25(32)10-9-24(31)29-15-3-4-22(29)26(33)34/h16,19-23H,3-15H2,1-2H3,(H,33,34)/p-1/t19-,20+,21+,22-,23+,27-,28-/m1/s1. The van der Waals surface area contributed by atoms with E-state index in [0.29, 0.717) is 43.6 Å².